The monoisotopic (exact) mass is 486 g/mol. The quantitative estimate of drug-likeness (QED) is 0.236. The summed E-state index contributed by atoms with van der Waals surface area (Å²) in [5.41, 5.74) is 6.95. The predicted octanol–water partition coefficient (Wildman–Crippen LogP) is 9.15. The van der Waals surface area contributed by atoms with E-state index in [0.29, 0.717) is 0 Å². The molecule has 0 saturated heterocycles. The molecule has 38 heavy (non-hydrogen) atoms. The van der Waals surface area contributed by atoms with Crippen LogP contribution in [0.15, 0.2) is 146 Å². The summed E-state index contributed by atoms with van der Waals surface area (Å²) in [7, 11) is 0. The van der Waals surface area contributed by atoms with Crippen LogP contribution in [0.3, 0.4) is 0 Å². The highest BCUT2D eigenvalue weighted by Gasteiger charge is 2.38. The molecule has 2 nitrogen and oxygen atoms in total. The fraction of sp³-hybridized carbons (Fsp3) is 0.0556. The Bertz CT molecular complexity index is 1830. The van der Waals surface area contributed by atoms with Crippen LogP contribution in [-0.2, 0) is 5.66 Å². The van der Waals surface area contributed by atoms with Gasteiger partial charge in [0.25, 0.3) is 0 Å². The van der Waals surface area contributed by atoms with Gasteiger partial charge in [0.05, 0.1) is 22.1 Å². The largest absolute Gasteiger partial charge is 0.313 e. The summed E-state index contributed by atoms with van der Waals surface area (Å²) in [5, 5.41) is 5.14. The van der Waals surface area contributed by atoms with E-state index in [1.54, 1.807) is 0 Å². The topological polar surface area (TPSA) is 9.86 Å². The lowest BCUT2D eigenvalue weighted by molar-refractivity contribution is 0.347. The Morgan fingerprint density at radius 2 is 0.842 bits per heavy atom. The number of fused-ring (bicyclic) bond motifs is 6. The summed E-state index contributed by atoms with van der Waals surface area (Å²) < 4.78 is 5.17. The van der Waals surface area contributed by atoms with Crippen molar-refractivity contribution in [2.75, 3.05) is 0 Å². The molecule has 0 spiro atoms. The molecule has 0 bridgehead atoms. The SMILES string of the molecule is C1=CC(c2ccccc2)=CC(n2c3ccccc3c3ccccc32)(n2c3ccccc3c3ccccc32)C1. The lowest BCUT2D eigenvalue weighted by Crippen LogP contribution is -2.40. The van der Waals surface area contributed by atoms with Gasteiger partial charge < -0.3 is 9.13 Å². The summed E-state index contributed by atoms with van der Waals surface area (Å²) in [4.78, 5) is 0. The second kappa shape index (κ2) is 8.09. The van der Waals surface area contributed by atoms with E-state index >= 15 is 0 Å². The van der Waals surface area contributed by atoms with Gasteiger partial charge in [-0.25, -0.2) is 0 Å². The van der Waals surface area contributed by atoms with E-state index < -0.39 is 5.66 Å². The molecule has 1 aliphatic carbocycles. The third kappa shape index (κ3) is 2.89. The Hall–Kier alpha value is -4.82. The lowest BCUT2D eigenvalue weighted by atomic mass is 9.90. The van der Waals surface area contributed by atoms with Gasteiger partial charge in [-0.15, -0.1) is 0 Å². The molecule has 0 saturated carbocycles. The van der Waals surface area contributed by atoms with Crippen LogP contribution >= 0.6 is 0 Å². The van der Waals surface area contributed by atoms with Crippen LogP contribution < -0.4 is 0 Å². The first-order valence-corrected chi connectivity index (χ1v) is 13.3. The van der Waals surface area contributed by atoms with E-state index in [1.165, 1.54) is 54.7 Å². The first-order chi connectivity index (χ1) is 18.9. The molecular formula is C36H26N2. The number of hydrogen-bond acceptors (Lipinski definition) is 0. The van der Waals surface area contributed by atoms with Crippen LogP contribution in [-0.4, -0.2) is 9.13 Å². The molecule has 2 heterocycles. The van der Waals surface area contributed by atoms with Crippen molar-refractivity contribution in [2.45, 2.75) is 12.1 Å². The number of nitrogens with zero attached hydrogens (tertiary/aromatic N) is 2. The zero-order valence-corrected chi connectivity index (χ0v) is 21.0. The molecule has 2 heteroatoms. The Balaban J connectivity index is 1.60. The van der Waals surface area contributed by atoms with Crippen molar-refractivity contribution < 1.29 is 0 Å². The fourth-order valence-electron chi connectivity index (χ4n) is 6.62. The van der Waals surface area contributed by atoms with Gasteiger partial charge >= 0.3 is 0 Å². The van der Waals surface area contributed by atoms with E-state index in [4.69, 9.17) is 0 Å². The van der Waals surface area contributed by atoms with Crippen LogP contribution in [0.1, 0.15) is 12.0 Å². The molecule has 0 radical (unpaired) electrons. The van der Waals surface area contributed by atoms with Crippen molar-refractivity contribution in [3.05, 3.63) is 151 Å². The van der Waals surface area contributed by atoms with Crippen molar-refractivity contribution in [2.24, 2.45) is 0 Å². The molecule has 5 aromatic carbocycles. The highest BCUT2D eigenvalue weighted by molar-refractivity contribution is 6.10. The minimum atomic E-state index is -0.495. The van der Waals surface area contributed by atoms with Crippen molar-refractivity contribution in [3.63, 3.8) is 0 Å². The molecule has 8 rings (SSSR count). The zero-order valence-electron chi connectivity index (χ0n) is 21.0. The highest BCUT2D eigenvalue weighted by Crippen LogP contribution is 2.45. The van der Waals surface area contributed by atoms with E-state index in [0.717, 1.165) is 6.42 Å². The minimum absolute atomic E-state index is 0.495. The van der Waals surface area contributed by atoms with E-state index in [9.17, 15) is 0 Å². The van der Waals surface area contributed by atoms with Crippen molar-refractivity contribution in [1.29, 1.82) is 0 Å². The molecule has 0 aliphatic heterocycles. The van der Waals surface area contributed by atoms with Crippen molar-refractivity contribution in [1.82, 2.24) is 9.13 Å². The third-order valence-electron chi connectivity index (χ3n) is 8.14. The summed E-state index contributed by atoms with van der Waals surface area (Å²) in [5.74, 6) is 0. The van der Waals surface area contributed by atoms with Gasteiger partial charge in [0.2, 0.25) is 0 Å². The van der Waals surface area contributed by atoms with E-state index in [1.807, 2.05) is 0 Å². The summed E-state index contributed by atoms with van der Waals surface area (Å²) in [6.45, 7) is 0. The average molecular weight is 487 g/mol. The highest BCUT2D eigenvalue weighted by atomic mass is 15.3. The van der Waals surface area contributed by atoms with Crippen molar-refractivity contribution in [3.8, 4) is 0 Å². The van der Waals surface area contributed by atoms with Gasteiger partial charge in [-0.2, -0.15) is 0 Å². The van der Waals surface area contributed by atoms with Crippen molar-refractivity contribution >= 4 is 49.2 Å². The van der Waals surface area contributed by atoms with Gasteiger partial charge in [-0.05, 0) is 41.5 Å². The molecule has 0 fully saturated rings. The molecule has 180 valence electrons. The van der Waals surface area contributed by atoms with Gasteiger partial charge in [0, 0.05) is 28.0 Å². The number of hydrogen-bond donors (Lipinski definition) is 0. The number of rotatable bonds is 3. The standard InChI is InChI=1S/C36H26N2/c1-2-13-26(14-3-1)27-15-12-24-36(25-27,37-32-20-8-4-16-28(32)29-17-5-9-21-33(29)37)38-34-22-10-6-18-30(34)31-19-7-11-23-35(31)38/h1-23,25H,24H2. The molecule has 7 aromatic rings. The lowest BCUT2D eigenvalue weighted by Gasteiger charge is -2.39. The number of para-hydroxylation sites is 4. The Labute approximate surface area is 221 Å². The smallest absolute Gasteiger partial charge is 0.145 e. The molecule has 0 amide bonds. The van der Waals surface area contributed by atoms with Crippen LogP contribution in [0, 0.1) is 0 Å². The molecule has 2 aromatic heterocycles. The predicted molar refractivity (Wildman–Crippen MR) is 160 cm³/mol. The van der Waals surface area contributed by atoms with Gasteiger partial charge in [-0.1, -0.05) is 115 Å². The number of benzene rings is 5. The molecular weight excluding hydrogens is 460 g/mol. The molecule has 0 atom stereocenters. The maximum Gasteiger partial charge on any atom is 0.145 e. The fourth-order valence-corrected chi connectivity index (χ4v) is 6.62. The number of allylic oxidation sites excluding steroid dienone is 4. The second-order valence-corrected chi connectivity index (χ2v) is 10.2. The summed E-state index contributed by atoms with van der Waals surface area (Å²) in [6, 6.07) is 46.2. The average Bonchev–Trinajstić information content (AvgIpc) is 3.52. The first kappa shape index (κ1) is 21.3. The summed E-state index contributed by atoms with van der Waals surface area (Å²) >= 11 is 0. The molecule has 0 N–H and O–H groups in total. The number of aromatic nitrogens is 2. The zero-order chi connectivity index (χ0) is 25.1. The van der Waals surface area contributed by atoms with Gasteiger partial charge in [0.1, 0.15) is 5.66 Å². The van der Waals surface area contributed by atoms with Crippen LogP contribution in [0.25, 0.3) is 49.2 Å². The molecule has 0 unspecified atom stereocenters. The minimum Gasteiger partial charge on any atom is -0.313 e. The van der Waals surface area contributed by atoms with Crippen LogP contribution in [0.4, 0.5) is 0 Å². The van der Waals surface area contributed by atoms with Gasteiger partial charge in [-0.3, -0.25) is 0 Å². The van der Waals surface area contributed by atoms with Crippen LogP contribution in [0.5, 0.6) is 0 Å². The van der Waals surface area contributed by atoms with Gasteiger partial charge in [0.15, 0.2) is 0 Å². The van der Waals surface area contributed by atoms with E-state index in [2.05, 4.69) is 155 Å². The Kier molecular flexibility index (Phi) is 4.53. The normalized spacial score (nSPS) is 15.0. The Morgan fingerprint density at radius 3 is 1.29 bits per heavy atom. The van der Waals surface area contributed by atoms with Crippen LogP contribution in [0.2, 0.25) is 0 Å². The maximum atomic E-state index is 2.59. The first-order valence-electron chi connectivity index (χ1n) is 13.3. The third-order valence-corrected chi connectivity index (χ3v) is 8.14. The maximum absolute atomic E-state index is 2.59. The second-order valence-electron chi connectivity index (χ2n) is 10.2. The van der Waals surface area contributed by atoms with E-state index in [-0.39, 0.29) is 0 Å². The molecule has 1 aliphatic rings. The Morgan fingerprint density at radius 1 is 0.447 bits per heavy atom. The summed E-state index contributed by atoms with van der Waals surface area (Å²) in [6.07, 6.45) is 7.99.